The van der Waals surface area contributed by atoms with Crippen molar-refractivity contribution < 1.29 is 24.2 Å². The molecule has 0 aliphatic carbocycles. The smallest absolute Gasteiger partial charge is 0.261 e. The van der Waals surface area contributed by atoms with Gasteiger partial charge in [-0.05, 0) is 53.4 Å². The summed E-state index contributed by atoms with van der Waals surface area (Å²) in [7, 11) is -0.717. The number of nitrogens with one attached hydrogen (secondary N) is 1. The summed E-state index contributed by atoms with van der Waals surface area (Å²) in [4.78, 5) is 27.8. The van der Waals surface area contributed by atoms with Gasteiger partial charge in [0.1, 0.15) is 5.75 Å². The number of hydrogen-bond donors (Lipinski definition) is 2. The average molecular weight is 755 g/mol. The first-order valence-electron chi connectivity index (χ1n) is 18.9. The van der Waals surface area contributed by atoms with Crippen LogP contribution >= 0.6 is 0 Å². The van der Waals surface area contributed by atoms with E-state index >= 15 is 0 Å². The van der Waals surface area contributed by atoms with Crippen LogP contribution in [0.4, 0.5) is 11.4 Å². The van der Waals surface area contributed by atoms with E-state index in [0.29, 0.717) is 42.9 Å². The summed E-state index contributed by atoms with van der Waals surface area (Å²) in [5.41, 5.74) is 4.21. The summed E-state index contributed by atoms with van der Waals surface area (Å²) in [5, 5.41) is 29.9. The molecule has 0 saturated carbocycles. The topological polar surface area (TPSA) is 131 Å². The number of ether oxygens (including phenoxy) is 2. The zero-order valence-electron chi connectivity index (χ0n) is 31.6. The van der Waals surface area contributed by atoms with Gasteiger partial charge in [-0.1, -0.05) is 103 Å². The maximum absolute atomic E-state index is 14.4. The molecule has 2 amide bonds. The number of aryl methyl sites for hydroxylation is 1. The van der Waals surface area contributed by atoms with Crippen LogP contribution in [-0.2, 0) is 26.5 Å². The molecule has 55 heavy (non-hydrogen) atoms. The van der Waals surface area contributed by atoms with Gasteiger partial charge < -0.3 is 19.9 Å². The fourth-order valence-corrected chi connectivity index (χ4v) is 13.1. The maximum Gasteiger partial charge on any atom is 0.261 e. The van der Waals surface area contributed by atoms with E-state index in [1.165, 1.54) is 10.2 Å². The predicted octanol–water partition coefficient (Wildman–Crippen LogP) is 6.20. The number of rotatable bonds is 11. The summed E-state index contributed by atoms with van der Waals surface area (Å²) in [6.07, 6.45) is 3.06. The minimum atomic E-state index is -2.38. The Morgan fingerprint density at radius 2 is 1.71 bits per heavy atom. The van der Waals surface area contributed by atoms with Crippen molar-refractivity contribution >= 4 is 42.2 Å². The molecule has 0 radical (unpaired) electrons. The minimum Gasteiger partial charge on any atom is -0.497 e. The van der Waals surface area contributed by atoms with Crippen molar-refractivity contribution in [3.05, 3.63) is 132 Å². The van der Waals surface area contributed by atoms with Gasteiger partial charge in [-0.2, -0.15) is 5.10 Å². The highest BCUT2D eigenvalue weighted by Gasteiger charge is 2.64. The zero-order chi connectivity index (χ0) is 38.3. The molecule has 282 valence electrons. The van der Waals surface area contributed by atoms with Crippen LogP contribution in [0.1, 0.15) is 54.5 Å². The molecule has 3 aliphatic heterocycles. The molecule has 11 nitrogen and oxygen atoms in total. The maximum atomic E-state index is 14.4. The molecule has 1 saturated heterocycles. The molecule has 3 aliphatic rings. The summed E-state index contributed by atoms with van der Waals surface area (Å²) >= 11 is 0. The lowest BCUT2D eigenvalue weighted by atomic mass is 9.82. The van der Waals surface area contributed by atoms with Gasteiger partial charge in [-0.15, -0.1) is 5.10 Å². The number of carbonyl (C=O) groups excluding carboxylic acids is 2. The average Bonchev–Trinajstić information content (AvgIpc) is 3.89. The Kier molecular flexibility index (Phi) is 9.74. The lowest BCUT2D eigenvalue weighted by Gasteiger charge is -2.37. The molecule has 2 N–H and O–H groups in total. The summed E-state index contributed by atoms with van der Waals surface area (Å²) in [5.74, 6) is -0.0189. The quantitative estimate of drug-likeness (QED) is 0.154. The predicted molar refractivity (Wildman–Crippen MR) is 214 cm³/mol. The van der Waals surface area contributed by atoms with E-state index in [9.17, 15) is 14.7 Å². The highest BCUT2D eigenvalue weighted by molar-refractivity contribution is 6.91. The number of fused-ring (bicyclic) bond motifs is 2. The number of hydrazone groups is 1. The Balaban J connectivity index is 1.15. The van der Waals surface area contributed by atoms with Gasteiger partial charge in [0.25, 0.3) is 5.91 Å². The third-order valence-electron chi connectivity index (χ3n) is 11.9. The van der Waals surface area contributed by atoms with Crippen molar-refractivity contribution in [3.8, 4) is 5.75 Å². The molecular weight excluding hydrogens is 709 g/mol. The van der Waals surface area contributed by atoms with Crippen LogP contribution in [-0.4, -0.2) is 65.5 Å². The van der Waals surface area contributed by atoms with E-state index in [2.05, 4.69) is 47.8 Å². The Labute approximate surface area is 322 Å². The number of nitrogens with zero attached hydrogens (tertiary/aromatic N) is 5. The summed E-state index contributed by atoms with van der Waals surface area (Å²) in [6, 6.07) is 33.6. The van der Waals surface area contributed by atoms with Gasteiger partial charge in [0, 0.05) is 42.8 Å². The second-order valence-corrected chi connectivity index (χ2v) is 20.0. The molecule has 5 atom stereocenters. The number of methoxy groups -OCH3 is 1. The number of benzene rings is 4. The van der Waals surface area contributed by atoms with E-state index in [-0.39, 0.29) is 41.9 Å². The second-order valence-electron chi connectivity index (χ2n) is 15.3. The Hall–Kier alpha value is -5.43. The molecule has 1 fully saturated rings. The van der Waals surface area contributed by atoms with Crippen LogP contribution < -0.4 is 20.2 Å². The monoisotopic (exact) mass is 754 g/mol. The fraction of sp³-hybridized carbons (Fsp3) is 0.326. The Morgan fingerprint density at radius 1 is 0.982 bits per heavy atom. The standard InChI is InChI=1S/C43H46N6O5Si/c1-28-41(55(3,4)33-18-16-32(53-2)17-19-33)39(23-24-48-26-38(45-47-48)34(27-50)29-11-7-5-8-12-29)54-43(28)35-25-31(15-20-37(35)44-42(43)52)49-40(51)22-21-36(46-49)30-13-9-6-10-14-30/h5-20,25-26,28,34,39,41,50H,21-24,27H2,1-4H3,(H,44,52)/t28-,34?,39+,41-,43+/m1/s1. The van der Waals surface area contributed by atoms with Gasteiger partial charge in [-0.25, -0.2) is 5.01 Å². The van der Waals surface area contributed by atoms with Crippen molar-refractivity contribution in [2.75, 3.05) is 24.0 Å². The molecule has 8 rings (SSSR count). The molecule has 1 spiro atoms. The van der Waals surface area contributed by atoms with E-state index in [4.69, 9.17) is 14.6 Å². The van der Waals surface area contributed by atoms with E-state index in [0.717, 1.165) is 28.2 Å². The van der Waals surface area contributed by atoms with E-state index in [1.807, 2.05) is 102 Å². The first-order chi connectivity index (χ1) is 26.6. The van der Waals surface area contributed by atoms with Gasteiger partial charge >= 0.3 is 0 Å². The number of carbonyl (C=O) groups is 2. The highest BCUT2D eigenvalue weighted by Crippen LogP contribution is 2.59. The van der Waals surface area contributed by atoms with E-state index in [1.54, 1.807) is 7.11 Å². The first-order valence-corrected chi connectivity index (χ1v) is 22.0. The molecule has 1 aromatic heterocycles. The van der Waals surface area contributed by atoms with Crippen LogP contribution in [0.3, 0.4) is 0 Å². The SMILES string of the molecule is COc1ccc([Si](C)(C)[C@H]2[C@H](CCn3cc(C(CO)c4ccccc4)nn3)O[C@@]3(C(=O)Nc4ccc(N5N=C(c6ccccc6)CCC5=O)cc43)[C@@H]2C)cc1. The highest BCUT2D eigenvalue weighted by atomic mass is 28.3. The Bertz CT molecular complexity index is 2230. The molecule has 12 heteroatoms. The third kappa shape index (κ3) is 6.47. The van der Waals surface area contributed by atoms with Crippen molar-refractivity contribution in [2.45, 2.75) is 69.0 Å². The largest absolute Gasteiger partial charge is 0.497 e. The lowest BCUT2D eigenvalue weighted by molar-refractivity contribution is -0.143. The van der Waals surface area contributed by atoms with Crippen molar-refractivity contribution in [1.82, 2.24) is 15.0 Å². The zero-order valence-corrected chi connectivity index (χ0v) is 32.6. The molecule has 1 unspecified atom stereocenters. The molecule has 5 aromatic rings. The summed E-state index contributed by atoms with van der Waals surface area (Å²) in [6.45, 7) is 7.25. The normalized spacial score (nSPS) is 22.7. The number of aliphatic hydroxyl groups excluding tert-OH is 1. The number of anilines is 2. The number of amides is 2. The third-order valence-corrected chi connectivity index (χ3v) is 16.3. The molecule has 4 aromatic carbocycles. The van der Waals surface area contributed by atoms with Crippen LogP contribution in [0.2, 0.25) is 18.6 Å². The number of hydrogen-bond acceptors (Lipinski definition) is 8. The van der Waals surface area contributed by atoms with Gasteiger partial charge in [0.2, 0.25) is 5.91 Å². The fourth-order valence-electron chi connectivity index (χ4n) is 9.01. The van der Waals surface area contributed by atoms with Crippen LogP contribution in [0, 0.1) is 5.92 Å². The Morgan fingerprint density at radius 3 is 2.42 bits per heavy atom. The lowest BCUT2D eigenvalue weighted by Crippen LogP contribution is -2.51. The van der Waals surface area contributed by atoms with Crippen LogP contribution in [0.25, 0.3) is 0 Å². The van der Waals surface area contributed by atoms with Crippen molar-refractivity contribution in [2.24, 2.45) is 11.0 Å². The number of aliphatic hydroxyl groups is 1. The van der Waals surface area contributed by atoms with Crippen LogP contribution in [0.5, 0.6) is 5.75 Å². The second kappa shape index (κ2) is 14.7. The first kappa shape index (κ1) is 36.5. The van der Waals surface area contributed by atoms with Crippen molar-refractivity contribution in [1.29, 1.82) is 0 Å². The van der Waals surface area contributed by atoms with Crippen molar-refractivity contribution in [3.63, 3.8) is 0 Å². The minimum absolute atomic E-state index is 0.0121. The molecule has 0 bridgehead atoms. The van der Waals surface area contributed by atoms with Gasteiger partial charge in [0.05, 0.1) is 50.9 Å². The van der Waals surface area contributed by atoms with E-state index < -0.39 is 13.7 Å². The van der Waals surface area contributed by atoms with Gasteiger partial charge in [-0.3, -0.25) is 14.3 Å². The molecular formula is C43H46N6O5Si. The number of aromatic nitrogens is 3. The van der Waals surface area contributed by atoms with Crippen LogP contribution in [0.15, 0.2) is 114 Å². The molecule has 4 heterocycles. The summed E-state index contributed by atoms with van der Waals surface area (Å²) < 4.78 is 14.5. The van der Waals surface area contributed by atoms with Gasteiger partial charge in [0.15, 0.2) is 5.60 Å².